The highest BCUT2D eigenvalue weighted by atomic mass is 32.2. The topological polar surface area (TPSA) is 66.5 Å². The standard InChI is InChI=1S/C15H24N2O3S2/c1-11-5-7-17(8-6-11)22(19,20)12-9-13(21-10-12)14(18)16-15(2,3)4/h9-11H,5-8H2,1-4H3,(H,16,18). The summed E-state index contributed by atoms with van der Waals surface area (Å²) in [6.07, 6.45) is 1.78. The minimum Gasteiger partial charge on any atom is -0.347 e. The fourth-order valence-electron chi connectivity index (χ4n) is 2.35. The van der Waals surface area contributed by atoms with Gasteiger partial charge in [0.2, 0.25) is 10.0 Å². The Morgan fingerprint density at radius 1 is 1.32 bits per heavy atom. The van der Waals surface area contributed by atoms with Gasteiger partial charge in [0.25, 0.3) is 5.91 Å². The molecular weight excluding hydrogens is 320 g/mol. The van der Waals surface area contributed by atoms with Crippen molar-refractivity contribution in [3.8, 4) is 0 Å². The summed E-state index contributed by atoms with van der Waals surface area (Å²) < 4.78 is 26.8. The van der Waals surface area contributed by atoms with Gasteiger partial charge in [0.05, 0.1) is 9.77 Å². The van der Waals surface area contributed by atoms with Crippen LogP contribution in [0.15, 0.2) is 16.3 Å². The number of hydrogen-bond acceptors (Lipinski definition) is 4. The molecule has 1 aromatic heterocycles. The van der Waals surface area contributed by atoms with Crippen LogP contribution in [0.4, 0.5) is 0 Å². The van der Waals surface area contributed by atoms with Crippen molar-refractivity contribution in [3.63, 3.8) is 0 Å². The molecule has 0 radical (unpaired) electrons. The maximum absolute atomic E-state index is 12.6. The van der Waals surface area contributed by atoms with Crippen molar-refractivity contribution in [2.24, 2.45) is 5.92 Å². The molecule has 7 heteroatoms. The molecule has 1 fully saturated rings. The van der Waals surface area contributed by atoms with Crippen LogP contribution < -0.4 is 5.32 Å². The van der Waals surface area contributed by atoms with E-state index in [0.29, 0.717) is 23.9 Å². The van der Waals surface area contributed by atoms with Crippen LogP contribution in [0.5, 0.6) is 0 Å². The Bertz CT molecular complexity index is 636. The van der Waals surface area contributed by atoms with Crippen LogP contribution in [-0.2, 0) is 10.0 Å². The molecule has 0 atom stereocenters. The van der Waals surface area contributed by atoms with E-state index in [4.69, 9.17) is 0 Å². The minimum absolute atomic E-state index is 0.228. The number of sulfonamides is 1. The van der Waals surface area contributed by atoms with Gasteiger partial charge in [-0.1, -0.05) is 6.92 Å². The highest BCUT2D eigenvalue weighted by molar-refractivity contribution is 7.89. The molecule has 22 heavy (non-hydrogen) atoms. The van der Waals surface area contributed by atoms with Crippen LogP contribution in [0.2, 0.25) is 0 Å². The molecule has 0 aromatic carbocycles. The summed E-state index contributed by atoms with van der Waals surface area (Å²) >= 11 is 1.17. The summed E-state index contributed by atoms with van der Waals surface area (Å²) in [5, 5.41) is 4.41. The Balaban J connectivity index is 2.15. The molecule has 1 aliphatic heterocycles. The number of piperidine rings is 1. The van der Waals surface area contributed by atoms with Crippen molar-refractivity contribution in [1.82, 2.24) is 9.62 Å². The molecule has 2 rings (SSSR count). The van der Waals surface area contributed by atoms with Gasteiger partial charge in [-0.3, -0.25) is 4.79 Å². The van der Waals surface area contributed by atoms with Crippen molar-refractivity contribution < 1.29 is 13.2 Å². The van der Waals surface area contributed by atoms with E-state index in [-0.39, 0.29) is 16.3 Å². The normalized spacial score (nSPS) is 18.4. The van der Waals surface area contributed by atoms with Gasteiger partial charge >= 0.3 is 0 Å². The second-order valence-corrected chi connectivity index (χ2v) is 9.79. The summed E-state index contributed by atoms with van der Waals surface area (Å²) in [6, 6.07) is 1.49. The van der Waals surface area contributed by atoms with Gasteiger partial charge in [-0.15, -0.1) is 11.3 Å². The van der Waals surface area contributed by atoms with Gasteiger partial charge in [-0.05, 0) is 45.6 Å². The lowest BCUT2D eigenvalue weighted by Gasteiger charge is -2.29. The Hall–Kier alpha value is -0.920. The van der Waals surface area contributed by atoms with Crippen LogP contribution in [0.1, 0.15) is 50.2 Å². The van der Waals surface area contributed by atoms with Crippen LogP contribution >= 0.6 is 11.3 Å². The molecule has 124 valence electrons. The molecule has 5 nitrogen and oxygen atoms in total. The van der Waals surface area contributed by atoms with E-state index in [1.54, 1.807) is 5.38 Å². The van der Waals surface area contributed by atoms with E-state index in [1.807, 2.05) is 20.8 Å². The monoisotopic (exact) mass is 344 g/mol. The zero-order chi connectivity index (χ0) is 16.5. The molecule has 1 N–H and O–H groups in total. The Kier molecular flexibility index (Phi) is 4.99. The second kappa shape index (κ2) is 6.29. The van der Waals surface area contributed by atoms with E-state index < -0.39 is 10.0 Å². The Labute approximate surface area is 136 Å². The SMILES string of the molecule is CC1CCN(S(=O)(=O)c2csc(C(=O)NC(C)(C)C)c2)CC1. The first-order valence-corrected chi connectivity index (χ1v) is 9.83. The van der Waals surface area contributed by atoms with Crippen molar-refractivity contribution in [1.29, 1.82) is 0 Å². The van der Waals surface area contributed by atoms with Gasteiger partial charge < -0.3 is 5.32 Å². The predicted octanol–water partition coefficient (Wildman–Crippen LogP) is 2.70. The third-order valence-electron chi connectivity index (χ3n) is 3.67. The number of amides is 1. The average molecular weight is 345 g/mol. The average Bonchev–Trinajstić information content (AvgIpc) is 2.87. The fraction of sp³-hybridized carbons (Fsp3) is 0.667. The number of thiophene rings is 1. The minimum atomic E-state index is -3.48. The highest BCUT2D eigenvalue weighted by Crippen LogP contribution is 2.26. The molecule has 0 saturated carbocycles. The van der Waals surface area contributed by atoms with Gasteiger partial charge in [0, 0.05) is 24.0 Å². The lowest BCUT2D eigenvalue weighted by molar-refractivity contribution is 0.0923. The summed E-state index contributed by atoms with van der Waals surface area (Å²) in [7, 11) is -3.48. The van der Waals surface area contributed by atoms with Crippen LogP contribution in [-0.4, -0.2) is 37.3 Å². The van der Waals surface area contributed by atoms with Crippen molar-refractivity contribution in [2.45, 2.75) is 51.0 Å². The van der Waals surface area contributed by atoms with Gasteiger partial charge in [-0.25, -0.2) is 8.42 Å². The van der Waals surface area contributed by atoms with Crippen molar-refractivity contribution in [2.75, 3.05) is 13.1 Å². The number of nitrogens with one attached hydrogen (secondary N) is 1. The molecule has 2 heterocycles. The number of hydrogen-bond donors (Lipinski definition) is 1. The zero-order valence-corrected chi connectivity index (χ0v) is 15.2. The first-order chi connectivity index (χ1) is 10.1. The molecule has 0 spiro atoms. The third kappa shape index (κ3) is 4.08. The smallest absolute Gasteiger partial charge is 0.261 e. The summed E-state index contributed by atoms with van der Waals surface area (Å²) in [5.74, 6) is 0.341. The highest BCUT2D eigenvalue weighted by Gasteiger charge is 2.29. The van der Waals surface area contributed by atoms with Crippen molar-refractivity contribution >= 4 is 27.3 Å². The third-order valence-corrected chi connectivity index (χ3v) is 6.62. The fourth-order valence-corrected chi connectivity index (χ4v) is 4.98. The van der Waals surface area contributed by atoms with Crippen LogP contribution in [0.25, 0.3) is 0 Å². The number of nitrogens with zero attached hydrogens (tertiary/aromatic N) is 1. The predicted molar refractivity (Wildman–Crippen MR) is 88.7 cm³/mol. The van der Waals surface area contributed by atoms with E-state index in [0.717, 1.165) is 12.8 Å². The van der Waals surface area contributed by atoms with E-state index >= 15 is 0 Å². The summed E-state index contributed by atoms with van der Waals surface area (Å²) in [6.45, 7) is 8.94. The summed E-state index contributed by atoms with van der Waals surface area (Å²) in [5.41, 5.74) is -0.344. The lowest BCUT2D eigenvalue weighted by Crippen LogP contribution is -2.40. The molecule has 0 unspecified atom stereocenters. The first kappa shape index (κ1) is 17.4. The van der Waals surface area contributed by atoms with E-state index in [9.17, 15) is 13.2 Å². The maximum atomic E-state index is 12.6. The lowest BCUT2D eigenvalue weighted by atomic mass is 10.0. The molecule has 1 aliphatic rings. The number of rotatable bonds is 3. The summed E-state index contributed by atoms with van der Waals surface area (Å²) in [4.78, 5) is 12.8. The van der Waals surface area contributed by atoms with Gasteiger partial charge in [0.15, 0.2) is 0 Å². The molecule has 0 bridgehead atoms. The molecule has 1 saturated heterocycles. The molecular formula is C15H24N2O3S2. The maximum Gasteiger partial charge on any atom is 0.261 e. The van der Waals surface area contributed by atoms with Crippen molar-refractivity contribution in [3.05, 3.63) is 16.3 Å². The molecule has 0 aliphatic carbocycles. The van der Waals surface area contributed by atoms with E-state index in [2.05, 4.69) is 12.2 Å². The zero-order valence-electron chi connectivity index (χ0n) is 13.5. The number of carbonyl (C=O) groups excluding carboxylic acids is 1. The Morgan fingerprint density at radius 2 is 1.91 bits per heavy atom. The first-order valence-electron chi connectivity index (χ1n) is 7.51. The quantitative estimate of drug-likeness (QED) is 0.917. The van der Waals surface area contributed by atoms with E-state index in [1.165, 1.54) is 21.7 Å². The number of carbonyl (C=O) groups is 1. The van der Waals surface area contributed by atoms with Gasteiger partial charge in [0.1, 0.15) is 0 Å². The molecule has 1 aromatic rings. The van der Waals surface area contributed by atoms with Crippen LogP contribution in [0.3, 0.4) is 0 Å². The largest absolute Gasteiger partial charge is 0.347 e. The Morgan fingerprint density at radius 3 is 2.45 bits per heavy atom. The molecule has 1 amide bonds. The van der Waals surface area contributed by atoms with Crippen LogP contribution in [0, 0.1) is 5.92 Å². The van der Waals surface area contributed by atoms with Gasteiger partial charge in [-0.2, -0.15) is 4.31 Å². The second-order valence-electron chi connectivity index (χ2n) is 6.94.